The number of nitrogen functional groups attached to an aromatic ring is 1. The Morgan fingerprint density at radius 1 is 1.46 bits per heavy atom. The molecule has 0 aliphatic carbocycles. The first-order valence-electron chi connectivity index (χ1n) is 3.62. The van der Waals surface area contributed by atoms with Crippen molar-refractivity contribution in [2.45, 2.75) is 0 Å². The number of hydrogen-bond acceptors (Lipinski definition) is 3. The molecular formula is C8H6FN3S. The molecule has 0 fully saturated rings. The van der Waals surface area contributed by atoms with E-state index in [0.717, 1.165) is 0 Å². The number of rotatable bonds is 0. The second-order valence-corrected chi connectivity index (χ2v) is 2.98. The van der Waals surface area contributed by atoms with Gasteiger partial charge in [0, 0.05) is 0 Å². The van der Waals surface area contributed by atoms with Crippen molar-refractivity contribution in [1.82, 2.24) is 9.97 Å². The van der Waals surface area contributed by atoms with Gasteiger partial charge in [-0.1, -0.05) is 6.07 Å². The fourth-order valence-electron chi connectivity index (χ4n) is 1.20. The summed E-state index contributed by atoms with van der Waals surface area (Å²) in [4.78, 5) is 6.51. The number of nitrogens with one attached hydrogen (secondary N) is 1. The first-order chi connectivity index (χ1) is 6.18. The van der Waals surface area contributed by atoms with E-state index in [1.165, 1.54) is 6.07 Å². The Bertz CT molecular complexity index is 520. The van der Waals surface area contributed by atoms with Crippen LogP contribution in [0.4, 0.5) is 10.2 Å². The third kappa shape index (κ3) is 1.27. The van der Waals surface area contributed by atoms with Crippen molar-refractivity contribution in [2.24, 2.45) is 0 Å². The quantitative estimate of drug-likeness (QED) is 0.632. The molecule has 0 amide bonds. The van der Waals surface area contributed by atoms with Gasteiger partial charge in [0.2, 0.25) is 0 Å². The van der Waals surface area contributed by atoms with Gasteiger partial charge in [-0.05, 0) is 24.4 Å². The molecule has 66 valence electrons. The van der Waals surface area contributed by atoms with Crippen molar-refractivity contribution in [1.29, 1.82) is 0 Å². The Balaban J connectivity index is 3.03. The smallest absolute Gasteiger partial charge is 0.199 e. The molecule has 1 aromatic carbocycles. The van der Waals surface area contributed by atoms with Gasteiger partial charge < -0.3 is 10.7 Å². The molecule has 1 aromatic heterocycles. The van der Waals surface area contributed by atoms with Crippen molar-refractivity contribution >= 4 is 28.9 Å². The number of H-pyrrole nitrogens is 1. The number of nitrogens with two attached hydrogens (primary N) is 1. The maximum atomic E-state index is 13.2. The van der Waals surface area contributed by atoms with Crippen LogP contribution < -0.4 is 5.73 Å². The number of anilines is 1. The van der Waals surface area contributed by atoms with E-state index in [4.69, 9.17) is 18.0 Å². The van der Waals surface area contributed by atoms with E-state index in [9.17, 15) is 4.39 Å². The van der Waals surface area contributed by atoms with E-state index >= 15 is 0 Å². The number of halogens is 1. The zero-order chi connectivity index (χ0) is 9.42. The van der Waals surface area contributed by atoms with Gasteiger partial charge in [-0.15, -0.1) is 0 Å². The minimum Gasteiger partial charge on any atom is -0.383 e. The van der Waals surface area contributed by atoms with Crippen LogP contribution in [0, 0.1) is 10.6 Å². The number of aromatic amines is 1. The van der Waals surface area contributed by atoms with E-state index in [1.807, 2.05) is 0 Å². The standard InChI is InChI=1S/C8H6FN3S/c9-4-2-1-3-5-6(4)7(10)12-8(13)11-5/h1-3H,(H3,10,11,12,13). The van der Waals surface area contributed by atoms with Crippen LogP contribution in [0.1, 0.15) is 0 Å². The lowest BCUT2D eigenvalue weighted by molar-refractivity contribution is 0.639. The third-order valence-corrected chi connectivity index (χ3v) is 1.93. The summed E-state index contributed by atoms with van der Waals surface area (Å²) in [6.07, 6.45) is 0. The van der Waals surface area contributed by atoms with Crippen LogP contribution in [0.3, 0.4) is 0 Å². The Morgan fingerprint density at radius 2 is 2.23 bits per heavy atom. The van der Waals surface area contributed by atoms with Crippen LogP contribution in [-0.4, -0.2) is 9.97 Å². The van der Waals surface area contributed by atoms with Gasteiger partial charge in [-0.25, -0.2) is 9.37 Å². The van der Waals surface area contributed by atoms with Gasteiger partial charge in [-0.2, -0.15) is 0 Å². The number of fused-ring (bicyclic) bond motifs is 1. The van der Waals surface area contributed by atoms with Crippen LogP contribution in [-0.2, 0) is 0 Å². The first-order valence-corrected chi connectivity index (χ1v) is 4.03. The van der Waals surface area contributed by atoms with E-state index in [0.29, 0.717) is 5.52 Å². The Labute approximate surface area is 78.4 Å². The molecule has 0 aliphatic rings. The summed E-state index contributed by atoms with van der Waals surface area (Å²) in [6, 6.07) is 4.62. The summed E-state index contributed by atoms with van der Waals surface area (Å²) in [5, 5.41) is 0.288. The van der Waals surface area contributed by atoms with Gasteiger partial charge in [0.1, 0.15) is 11.6 Å². The van der Waals surface area contributed by atoms with Crippen LogP contribution in [0.25, 0.3) is 10.9 Å². The molecule has 0 saturated carbocycles. The van der Waals surface area contributed by atoms with Crippen molar-refractivity contribution in [3.63, 3.8) is 0 Å². The molecule has 2 rings (SSSR count). The largest absolute Gasteiger partial charge is 0.383 e. The Morgan fingerprint density at radius 3 is 3.00 bits per heavy atom. The topological polar surface area (TPSA) is 54.7 Å². The van der Waals surface area contributed by atoms with Crippen LogP contribution in [0.2, 0.25) is 0 Å². The highest BCUT2D eigenvalue weighted by molar-refractivity contribution is 7.71. The number of nitrogens with zero attached hydrogens (tertiary/aromatic N) is 1. The second kappa shape index (κ2) is 2.77. The lowest BCUT2D eigenvalue weighted by Gasteiger charge is -2.01. The zero-order valence-electron chi connectivity index (χ0n) is 6.54. The second-order valence-electron chi connectivity index (χ2n) is 2.59. The summed E-state index contributed by atoms with van der Waals surface area (Å²) >= 11 is 4.80. The van der Waals surface area contributed by atoms with Crippen LogP contribution >= 0.6 is 12.2 Å². The number of aromatic nitrogens is 2. The molecule has 1 heterocycles. The summed E-state index contributed by atoms with van der Waals surface area (Å²) < 4.78 is 13.5. The monoisotopic (exact) mass is 195 g/mol. The minimum absolute atomic E-state index is 0.122. The van der Waals surface area contributed by atoms with Gasteiger partial charge in [0.05, 0.1) is 10.9 Å². The van der Waals surface area contributed by atoms with Gasteiger partial charge in [0.25, 0.3) is 0 Å². The van der Waals surface area contributed by atoms with Crippen molar-refractivity contribution < 1.29 is 4.39 Å². The molecule has 3 N–H and O–H groups in total. The normalized spacial score (nSPS) is 10.5. The first kappa shape index (κ1) is 8.12. The zero-order valence-corrected chi connectivity index (χ0v) is 7.36. The average molecular weight is 195 g/mol. The van der Waals surface area contributed by atoms with Crippen molar-refractivity contribution in [3.05, 3.63) is 28.8 Å². The van der Waals surface area contributed by atoms with Crippen molar-refractivity contribution in [2.75, 3.05) is 5.73 Å². The molecule has 0 aliphatic heterocycles. The molecular weight excluding hydrogens is 189 g/mol. The average Bonchev–Trinajstić information content (AvgIpc) is 2.02. The summed E-state index contributed by atoms with van der Waals surface area (Å²) in [6.45, 7) is 0. The summed E-state index contributed by atoms with van der Waals surface area (Å²) in [5.74, 6) is -0.273. The highest BCUT2D eigenvalue weighted by atomic mass is 32.1. The molecule has 0 unspecified atom stereocenters. The van der Waals surface area contributed by atoms with E-state index in [2.05, 4.69) is 9.97 Å². The van der Waals surface area contributed by atoms with E-state index < -0.39 is 5.82 Å². The van der Waals surface area contributed by atoms with Gasteiger partial charge in [0.15, 0.2) is 4.77 Å². The third-order valence-electron chi connectivity index (χ3n) is 1.73. The molecule has 0 atom stereocenters. The molecule has 0 radical (unpaired) electrons. The molecule has 0 spiro atoms. The Hall–Kier alpha value is -1.49. The maximum Gasteiger partial charge on any atom is 0.199 e. The van der Waals surface area contributed by atoms with E-state index in [-0.39, 0.29) is 16.0 Å². The van der Waals surface area contributed by atoms with E-state index in [1.54, 1.807) is 12.1 Å². The fourth-order valence-corrected chi connectivity index (χ4v) is 1.41. The molecule has 3 nitrogen and oxygen atoms in total. The highest BCUT2D eigenvalue weighted by Gasteiger charge is 2.04. The summed E-state index contributed by atoms with van der Waals surface area (Å²) in [7, 11) is 0. The molecule has 2 aromatic rings. The SMILES string of the molecule is Nc1nc(=S)[nH]c2cccc(F)c12. The fraction of sp³-hybridized carbons (Fsp3) is 0. The highest BCUT2D eigenvalue weighted by Crippen LogP contribution is 2.19. The minimum atomic E-state index is -0.395. The Kier molecular flexibility index (Phi) is 1.73. The lowest BCUT2D eigenvalue weighted by Crippen LogP contribution is -1.96. The molecule has 13 heavy (non-hydrogen) atoms. The number of hydrogen-bond donors (Lipinski definition) is 2. The lowest BCUT2D eigenvalue weighted by atomic mass is 10.2. The predicted molar refractivity (Wildman–Crippen MR) is 51.3 cm³/mol. The van der Waals surface area contributed by atoms with Gasteiger partial charge >= 0.3 is 0 Å². The van der Waals surface area contributed by atoms with Crippen LogP contribution in [0.15, 0.2) is 18.2 Å². The van der Waals surface area contributed by atoms with Gasteiger partial charge in [-0.3, -0.25) is 0 Å². The van der Waals surface area contributed by atoms with Crippen LogP contribution in [0.5, 0.6) is 0 Å². The van der Waals surface area contributed by atoms with Crippen molar-refractivity contribution in [3.8, 4) is 0 Å². The molecule has 5 heteroatoms. The molecule has 0 saturated heterocycles. The maximum absolute atomic E-state index is 13.2. The summed E-state index contributed by atoms with van der Waals surface area (Å²) in [5.41, 5.74) is 6.09. The molecule has 0 bridgehead atoms. The predicted octanol–water partition coefficient (Wildman–Crippen LogP) is 2.01. The number of benzene rings is 1.